The van der Waals surface area contributed by atoms with E-state index in [0.717, 1.165) is 18.7 Å². The second-order valence-electron chi connectivity index (χ2n) is 4.85. The molecule has 0 aliphatic heterocycles. The van der Waals surface area contributed by atoms with Crippen molar-refractivity contribution in [2.45, 2.75) is 26.3 Å². The number of benzene rings is 1. The van der Waals surface area contributed by atoms with E-state index < -0.39 is 0 Å². The van der Waals surface area contributed by atoms with Crippen LogP contribution in [0, 0.1) is 0 Å². The molecule has 0 aliphatic rings. The maximum Gasteiger partial charge on any atom is 0.169 e. The lowest BCUT2D eigenvalue weighted by Crippen LogP contribution is -2.20. The van der Waals surface area contributed by atoms with E-state index in [2.05, 4.69) is 24.1 Å². The van der Waals surface area contributed by atoms with Crippen molar-refractivity contribution in [1.29, 1.82) is 0 Å². The SMILES string of the molecule is CCCNC(C)c1ccc(Oc2ccccc2OC)cn1. The Bertz CT molecular complexity index is 555. The average Bonchev–Trinajstić information content (AvgIpc) is 2.54. The molecule has 4 heteroatoms. The lowest BCUT2D eigenvalue weighted by atomic mass is 10.2. The fraction of sp³-hybridized carbons (Fsp3) is 0.353. The molecule has 0 bridgehead atoms. The molecule has 0 spiro atoms. The number of pyridine rings is 1. The maximum absolute atomic E-state index is 5.81. The summed E-state index contributed by atoms with van der Waals surface area (Å²) in [5, 5.41) is 3.41. The van der Waals surface area contributed by atoms with Crippen molar-refractivity contribution in [3.63, 3.8) is 0 Å². The largest absolute Gasteiger partial charge is 0.493 e. The molecule has 0 saturated heterocycles. The summed E-state index contributed by atoms with van der Waals surface area (Å²) in [6, 6.07) is 11.7. The van der Waals surface area contributed by atoms with Crippen molar-refractivity contribution in [3.8, 4) is 17.2 Å². The molecule has 0 saturated carbocycles. The van der Waals surface area contributed by atoms with Gasteiger partial charge in [-0.3, -0.25) is 4.98 Å². The predicted octanol–water partition coefficient (Wildman–Crippen LogP) is 3.94. The first-order chi connectivity index (χ1) is 10.2. The van der Waals surface area contributed by atoms with Gasteiger partial charge in [0.25, 0.3) is 0 Å². The molecule has 112 valence electrons. The van der Waals surface area contributed by atoms with Crippen molar-refractivity contribution in [2.75, 3.05) is 13.7 Å². The van der Waals surface area contributed by atoms with Gasteiger partial charge in [0.15, 0.2) is 11.5 Å². The van der Waals surface area contributed by atoms with E-state index in [-0.39, 0.29) is 6.04 Å². The third-order valence-electron chi connectivity index (χ3n) is 3.20. The van der Waals surface area contributed by atoms with E-state index in [1.54, 1.807) is 13.3 Å². The Balaban J connectivity index is 2.05. The van der Waals surface area contributed by atoms with Crippen molar-refractivity contribution >= 4 is 0 Å². The molecule has 2 rings (SSSR count). The van der Waals surface area contributed by atoms with Crippen LogP contribution in [0.4, 0.5) is 0 Å². The normalized spacial score (nSPS) is 12.0. The van der Waals surface area contributed by atoms with Gasteiger partial charge in [0, 0.05) is 6.04 Å². The lowest BCUT2D eigenvalue weighted by Gasteiger charge is -2.13. The summed E-state index contributed by atoms with van der Waals surface area (Å²) in [6.45, 7) is 5.25. The number of ether oxygens (including phenoxy) is 2. The third kappa shape index (κ3) is 4.20. The molecule has 1 aromatic heterocycles. The molecule has 1 N–H and O–H groups in total. The molecular weight excluding hydrogens is 264 g/mol. The highest BCUT2D eigenvalue weighted by molar-refractivity contribution is 5.42. The number of para-hydroxylation sites is 2. The van der Waals surface area contributed by atoms with Crippen molar-refractivity contribution in [2.24, 2.45) is 0 Å². The summed E-state index contributed by atoms with van der Waals surface area (Å²) in [5.41, 5.74) is 1.01. The first-order valence-electron chi connectivity index (χ1n) is 7.24. The van der Waals surface area contributed by atoms with Crippen LogP contribution in [-0.4, -0.2) is 18.6 Å². The molecule has 1 heterocycles. The van der Waals surface area contributed by atoms with E-state index in [0.29, 0.717) is 17.2 Å². The first kappa shape index (κ1) is 15.3. The molecule has 4 nitrogen and oxygen atoms in total. The number of methoxy groups -OCH3 is 1. The minimum absolute atomic E-state index is 0.241. The van der Waals surface area contributed by atoms with Crippen LogP contribution in [0.2, 0.25) is 0 Å². The Hall–Kier alpha value is -2.07. The summed E-state index contributed by atoms with van der Waals surface area (Å²) in [5.74, 6) is 2.09. The minimum Gasteiger partial charge on any atom is -0.493 e. The van der Waals surface area contributed by atoms with Crippen molar-refractivity contribution < 1.29 is 9.47 Å². The number of nitrogens with zero attached hydrogens (tertiary/aromatic N) is 1. The Kier molecular flexibility index (Phi) is 5.58. The zero-order chi connectivity index (χ0) is 15.1. The predicted molar refractivity (Wildman–Crippen MR) is 84.0 cm³/mol. The van der Waals surface area contributed by atoms with E-state index in [1.807, 2.05) is 36.4 Å². The van der Waals surface area contributed by atoms with Gasteiger partial charge in [0.2, 0.25) is 0 Å². The van der Waals surface area contributed by atoms with Gasteiger partial charge in [-0.2, -0.15) is 0 Å². The number of rotatable bonds is 7. The average molecular weight is 286 g/mol. The van der Waals surface area contributed by atoms with Crippen LogP contribution in [0.5, 0.6) is 17.2 Å². The molecule has 2 aromatic rings. The standard InChI is InChI=1S/C17H22N2O2/c1-4-11-18-13(2)15-10-9-14(12-19-15)21-17-8-6-5-7-16(17)20-3/h5-10,12-13,18H,4,11H2,1-3H3. The Morgan fingerprint density at radius 1 is 1.14 bits per heavy atom. The monoisotopic (exact) mass is 286 g/mol. The molecule has 1 atom stereocenters. The van der Waals surface area contributed by atoms with Crippen LogP contribution < -0.4 is 14.8 Å². The van der Waals surface area contributed by atoms with Gasteiger partial charge < -0.3 is 14.8 Å². The molecule has 0 amide bonds. The van der Waals surface area contributed by atoms with Crippen molar-refractivity contribution in [3.05, 3.63) is 48.3 Å². The van der Waals surface area contributed by atoms with Gasteiger partial charge >= 0.3 is 0 Å². The highest BCUT2D eigenvalue weighted by Gasteiger charge is 2.08. The topological polar surface area (TPSA) is 43.4 Å². The van der Waals surface area contributed by atoms with Crippen LogP contribution in [-0.2, 0) is 0 Å². The zero-order valence-electron chi connectivity index (χ0n) is 12.8. The van der Waals surface area contributed by atoms with Gasteiger partial charge in [-0.15, -0.1) is 0 Å². The number of hydrogen-bond acceptors (Lipinski definition) is 4. The second kappa shape index (κ2) is 7.64. The molecule has 21 heavy (non-hydrogen) atoms. The van der Waals surface area contributed by atoms with Gasteiger partial charge in [0.1, 0.15) is 5.75 Å². The van der Waals surface area contributed by atoms with Crippen LogP contribution in [0.3, 0.4) is 0 Å². The molecule has 1 unspecified atom stereocenters. The molecular formula is C17H22N2O2. The van der Waals surface area contributed by atoms with Gasteiger partial charge in [-0.25, -0.2) is 0 Å². The zero-order valence-corrected chi connectivity index (χ0v) is 12.8. The number of aromatic nitrogens is 1. The van der Waals surface area contributed by atoms with Gasteiger partial charge in [-0.05, 0) is 44.2 Å². The van der Waals surface area contributed by atoms with Crippen LogP contribution in [0.25, 0.3) is 0 Å². The van der Waals surface area contributed by atoms with E-state index in [9.17, 15) is 0 Å². The first-order valence-corrected chi connectivity index (χ1v) is 7.24. The highest BCUT2D eigenvalue weighted by atomic mass is 16.5. The fourth-order valence-electron chi connectivity index (χ4n) is 2.00. The number of nitrogens with one attached hydrogen (secondary N) is 1. The smallest absolute Gasteiger partial charge is 0.169 e. The Labute approximate surface area is 126 Å². The molecule has 0 fully saturated rings. The fourth-order valence-corrected chi connectivity index (χ4v) is 2.00. The van der Waals surface area contributed by atoms with Crippen LogP contribution in [0.1, 0.15) is 32.0 Å². The summed E-state index contributed by atoms with van der Waals surface area (Å²) in [6.07, 6.45) is 2.85. The Morgan fingerprint density at radius 2 is 1.90 bits per heavy atom. The summed E-state index contributed by atoms with van der Waals surface area (Å²) in [4.78, 5) is 4.45. The van der Waals surface area contributed by atoms with E-state index in [4.69, 9.17) is 9.47 Å². The van der Waals surface area contributed by atoms with Crippen LogP contribution >= 0.6 is 0 Å². The highest BCUT2D eigenvalue weighted by Crippen LogP contribution is 2.30. The summed E-state index contributed by atoms with van der Waals surface area (Å²) < 4.78 is 11.1. The van der Waals surface area contributed by atoms with Gasteiger partial charge in [-0.1, -0.05) is 19.1 Å². The number of hydrogen-bond donors (Lipinski definition) is 1. The molecule has 1 aromatic carbocycles. The van der Waals surface area contributed by atoms with E-state index in [1.165, 1.54) is 0 Å². The third-order valence-corrected chi connectivity index (χ3v) is 3.20. The molecule has 0 aliphatic carbocycles. The summed E-state index contributed by atoms with van der Waals surface area (Å²) in [7, 11) is 1.63. The van der Waals surface area contributed by atoms with E-state index >= 15 is 0 Å². The quantitative estimate of drug-likeness (QED) is 0.837. The maximum atomic E-state index is 5.81. The van der Waals surface area contributed by atoms with Crippen molar-refractivity contribution in [1.82, 2.24) is 10.3 Å². The Morgan fingerprint density at radius 3 is 2.52 bits per heavy atom. The minimum atomic E-state index is 0.241. The van der Waals surface area contributed by atoms with Gasteiger partial charge in [0.05, 0.1) is 19.0 Å². The molecule has 0 radical (unpaired) electrons. The summed E-state index contributed by atoms with van der Waals surface area (Å²) >= 11 is 0. The van der Waals surface area contributed by atoms with Crippen LogP contribution in [0.15, 0.2) is 42.6 Å². The second-order valence-corrected chi connectivity index (χ2v) is 4.85. The lowest BCUT2D eigenvalue weighted by molar-refractivity contribution is 0.378.